The SMILES string of the molecule is CC(C)(C)OCCC(NC(=O)CCc1nc(-c2cccs2)no1)C(=O)O. The van der Waals surface area contributed by atoms with Gasteiger partial charge in [0.1, 0.15) is 6.04 Å². The van der Waals surface area contributed by atoms with Gasteiger partial charge in [-0.25, -0.2) is 4.79 Å². The van der Waals surface area contributed by atoms with Crippen molar-refractivity contribution in [2.45, 2.75) is 51.7 Å². The molecule has 8 nitrogen and oxygen atoms in total. The van der Waals surface area contributed by atoms with Gasteiger partial charge in [-0.15, -0.1) is 11.3 Å². The molecule has 26 heavy (non-hydrogen) atoms. The summed E-state index contributed by atoms with van der Waals surface area (Å²) in [7, 11) is 0. The van der Waals surface area contributed by atoms with E-state index in [4.69, 9.17) is 9.26 Å². The lowest BCUT2D eigenvalue weighted by atomic mass is 10.1. The maximum Gasteiger partial charge on any atom is 0.326 e. The van der Waals surface area contributed by atoms with Crippen molar-refractivity contribution in [2.75, 3.05) is 6.61 Å². The zero-order valence-electron chi connectivity index (χ0n) is 15.0. The van der Waals surface area contributed by atoms with Gasteiger partial charge in [0.15, 0.2) is 0 Å². The van der Waals surface area contributed by atoms with Crippen LogP contribution in [0.15, 0.2) is 22.0 Å². The van der Waals surface area contributed by atoms with Crippen molar-refractivity contribution in [3.8, 4) is 10.7 Å². The number of rotatable bonds is 9. The number of hydrogen-bond acceptors (Lipinski definition) is 7. The molecule has 0 spiro atoms. The molecule has 0 aliphatic carbocycles. The maximum atomic E-state index is 12.0. The molecule has 0 aromatic carbocycles. The monoisotopic (exact) mass is 381 g/mol. The van der Waals surface area contributed by atoms with Crippen LogP contribution in [0.5, 0.6) is 0 Å². The van der Waals surface area contributed by atoms with Crippen molar-refractivity contribution < 1.29 is 24.0 Å². The molecule has 1 unspecified atom stereocenters. The van der Waals surface area contributed by atoms with E-state index in [1.54, 1.807) is 0 Å². The van der Waals surface area contributed by atoms with Crippen LogP contribution in [0.2, 0.25) is 0 Å². The van der Waals surface area contributed by atoms with Crippen LogP contribution in [0.3, 0.4) is 0 Å². The van der Waals surface area contributed by atoms with E-state index in [1.807, 2.05) is 38.3 Å². The second-order valence-corrected chi connectivity index (χ2v) is 7.64. The van der Waals surface area contributed by atoms with E-state index < -0.39 is 12.0 Å². The minimum Gasteiger partial charge on any atom is -0.480 e. The molecule has 0 saturated heterocycles. The summed E-state index contributed by atoms with van der Waals surface area (Å²) in [5, 5.41) is 17.5. The topological polar surface area (TPSA) is 115 Å². The zero-order valence-corrected chi connectivity index (χ0v) is 15.8. The lowest BCUT2D eigenvalue weighted by Gasteiger charge is -2.21. The summed E-state index contributed by atoms with van der Waals surface area (Å²) in [4.78, 5) is 28.4. The van der Waals surface area contributed by atoms with E-state index in [-0.39, 0.29) is 37.4 Å². The molecule has 1 atom stereocenters. The van der Waals surface area contributed by atoms with Crippen LogP contribution in [-0.4, -0.2) is 45.4 Å². The first-order chi connectivity index (χ1) is 12.2. The van der Waals surface area contributed by atoms with Gasteiger partial charge >= 0.3 is 5.97 Å². The van der Waals surface area contributed by atoms with Gasteiger partial charge in [0.05, 0.1) is 10.5 Å². The molecule has 2 N–H and O–H groups in total. The number of thiophene rings is 1. The number of carbonyl (C=O) groups is 2. The molecule has 2 aromatic rings. The van der Waals surface area contributed by atoms with Gasteiger partial charge in [0, 0.05) is 25.9 Å². The number of aryl methyl sites for hydroxylation is 1. The highest BCUT2D eigenvalue weighted by Gasteiger charge is 2.21. The third-order valence-electron chi connectivity index (χ3n) is 3.35. The molecular formula is C17H23N3O5S. The number of aromatic nitrogens is 2. The summed E-state index contributed by atoms with van der Waals surface area (Å²) in [6.07, 6.45) is 0.506. The standard InChI is InChI=1S/C17H23N3O5S/c1-17(2,3)24-9-8-11(16(22)23)18-13(21)6-7-14-19-15(20-25-14)12-5-4-10-26-12/h4-5,10-11H,6-9H2,1-3H3,(H,18,21)(H,22,23). The van der Waals surface area contributed by atoms with E-state index in [2.05, 4.69) is 15.5 Å². The lowest BCUT2D eigenvalue weighted by molar-refractivity contribution is -0.142. The predicted molar refractivity (Wildman–Crippen MR) is 95.8 cm³/mol. The summed E-state index contributed by atoms with van der Waals surface area (Å²) in [6.45, 7) is 5.90. The Bertz CT molecular complexity index is 721. The molecular weight excluding hydrogens is 358 g/mol. The Kier molecular flexibility index (Phi) is 6.87. The predicted octanol–water partition coefficient (Wildman–Crippen LogP) is 2.51. The van der Waals surface area contributed by atoms with Crippen molar-refractivity contribution in [3.63, 3.8) is 0 Å². The number of hydrogen-bond donors (Lipinski definition) is 2. The van der Waals surface area contributed by atoms with Crippen LogP contribution >= 0.6 is 11.3 Å². The molecule has 0 bridgehead atoms. The molecule has 0 saturated carbocycles. The molecule has 0 fully saturated rings. The molecule has 2 aromatic heterocycles. The van der Waals surface area contributed by atoms with Crippen molar-refractivity contribution >= 4 is 23.2 Å². The number of nitrogens with one attached hydrogen (secondary N) is 1. The molecule has 1 amide bonds. The molecule has 0 radical (unpaired) electrons. The van der Waals surface area contributed by atoms with Gasteiger partial charge < -0.3 is 19.7 Å². The molecule has 2 rings (SSSR count). The summed E-state index contributed by atoms with van der Waals surface area (Å²) < 4.78 is 10.6. The third-order valence-corrected chi connectivity index (χ3v) is 4.22. The highest BCUT2D eigenvalue weighted by molar-refractivity contribution is 7.13. The summed E-state index contributed by atoms with van der Waals surface area (Å²) in [5.41, 5.74) is -0.356. The van der Waals surface area contributed by atoms with Crippen LogP contribution in [0.25, 0.3) is 10.7 Å². The fourth-order valence-corrected chi connectivity index (χ4v) is 2.74. The number of amides is 1. The summed E-state index contributed by atoms with van der Waals surface area (Å²) in [5.74, 6) is -0.651. The Balaban J connectivity index is 1.80. The summed E-state index contributed by atoms with van der Waals surface area (Å²) >= 11 is 1.49. The van der Waals surface area contributed by atoms with Crippen LogP contribution in [-0.2, 0) is 20.7 Å². The Morgan fingerprint density at radius 1 is 1.42 bits per heavy atom. The van der Waals surface area contributed by atoms with Gasteiger partial charge in [-0.2, -0.15) is 4.98 Å². The number of carbonyl (C=O) groups excluding carboxylic acids is 1. The van der Waals surface area contributed by atoms with E-state index in [9.17, 15) is 14.7 Å². The minimum atomic E-state index is -1.09. The highest BCUT2D eigenvalue weighted by atomic mass is 32.1. The Morgan fingerprint density at radius 3 is 2.81 bits per heavy atom. The van der Waals surface area contributed by atoms with E-state index in [0.29, 0.717) is 11.7 Å². The second kappa shape index (κ2) is 8.91. The number of carboxylic acid groups (broad SMARTS) is 1. The smallest absolute Gasteiger partial charge is 0.326 e. The van der Waals surface area contributed by atoms with Gasteiger partial charge in [-0.05, 0) is 32.2 Å². The average molecular weight is 381 g/mol. The van der Waals surface area contributed by atoms with Crippen molar-refractivity contribution in [3.05, 3.63) is 23.4 Å². The number of nitrogens with zero attached hydrogens (tertiary/aromatic N) is 2. The van der Waals surface area contributed by atoms with Crippen LogP contribution in [0.4, 0.5) is 0 Å². The van der Waals surface area contributed by atoms with Crippen molar-refractivity contribution in [1.29, 1.82) is 0 Å². The van der Waals surface area contributed by atoms with Gasteiger partial charge in [-0.3, -0.25) is 4.79 Å². The quantitative estimate of drug-likeness (QED) is 0.686. The molecule has 0 aliphatic heterocycles. The molecule has 0 aliphatic rings. The van der Waals surface area contributed by atoms with Crippen LogP contribution in [0, 0.1) is 0 Å². The van der Waals surface area contributed by atoms with Crippen LogP contribution in [0.1, 0.15) is 39.5 Å². The highest BCUT2D eigenvalue weighted by Crippen LogP contribution is 2.21. The minimum absolute atomic E-state index is 0.0655. The first-order valence-electron chi connectivity index (χ1n) is 8.27. The first kappa shape index (κ1) is 20.1. The molecule has 142 valence electrons. The Labute approximate surface area is 155 Å². The first-order valence-corrected chi connectivity index (χ1v) is 9.15. The summed E-state index contributed by atoms with van der Waals surface area (Å²) in [6, 6.07) is 2.77. The van der Waals surface area contributed by atoms with E-state index in [1.165, 1.54) is 11.3 Å². The molecule has 9 heteroatoms. The lowest BCUT2D eigenvalue weighted by Crippen LogP contribution is -2.42. The zero-order chi connectivity index (χ0) is 19.2. The average Bonchev–Trinajstić information content (AvgIpc) is 3.21. The molecule has 2 heterocycles. The maximum absolute atomic E-state index is 12.0. The normalized spacial score (nSPS) is 12.7. The second-order valence-electron chi connectivity index (χ2n) is 6.70. The third kappa shape index (κ3) is 6.57. The largest absolute Gasteiger partial charge is 0.480 e. The van der Waals surface area contributed by atoms with Crippen molar-refractivity contribution in [1.82, 2.24) is 15.5 Å². The van der Waals surface area contributed by atoms with E-state index in [0.717, 1.165) is 4.88 Å². The van der Waals surface area contributed by atoms with E-state index >= 15 is 0 Å². The fourth-order valence-electron chi connectivity index (χ4n) is 2.09. The number of aliphatic carboxylic acids is 1. The fraction of sp³-hybridized carbons (Fsp3) is 0.529. The Hall–Kier alpha value is -2.26. The van der Waals surface area contributed by atoms with Crippen LogP contribution < -0.4 is 5.32 Å². The van der Waals surface area contributed by atoms with Crippen molar-refractivity contribution in [2.24, 2.45) is 0 Å². The van der Waals surface area contributed by atoms with Gasteiger partial charge in [0.2, 0.25) is 17.6 Å². The van der Waals surface area contributed by atoms with Gasteiger partial charge in [0.25, 0.3) is 0 Å². The Morgan fingerprint density at radius 2 is 2.19 bits per heavy atom. The van der Waals surface area contributed by atoms with Gasteiger partial charge in [-0.1, -0.05) is 11.2 Å². The number of carboxylic acids is 1. The number of ether oxygens (including phenoxy) is 1.